The van der Waals surface area contributed by atoms with Crippen molar-refractivity contribution in [3.63, 3.8) is 0 Å². The van der Waals surface area contributed by atoms with Gasteiger partial charge in [-0.3, -0.25) is 0 Å². The Balaban J connectivity index is 1.76. The zero-order chi connectivity index (χ0) is 14.5. The number of carbonyl (C=O) groups is 1. The van der Waals surface area contributed by atoms with E-state index >= 15 is 0 Å². The molecule has 2 heterocycles. The lowest BCUT2D eigenvalue weighted by Crippen LogP contribution is -2.41. The molecule has 0 spiro atoms. The predicted octanol–water partition coefficient (Wildman–Crippen LogP) is 3.25. The zero-order valence-electron chi connectivity index (χ0n) is 11.9. The van der Waals surface area contributed by atoms with Gasteiger partial charge in [0.1, 0.15) is 0 Å². The number of aryl methyl sites for hydroxylation is 2. The van der Waals surface area contributed by atoms with Crippen LogP contribution in [0.2, 0.25) is 0 Å². The standard InChI is InChI=1S/C14H19N3OS2/c1-9(6-12-4-5-19-8-12)16-14(18)15-7-13-10(2)17-11(3)20-13/h4-5,8-9H,6-7H2,1-3H3,(H2,15,16,18)/t9-/m0/s1. The molecule has 0 aromatic carbocycles. The first-order valence-corrected chi connectivity index (χ1v) is 8.29. The smallest absolute Gasteiger partial charge is 0.315 e. The second-order valence-corrected chi connectivity index (χ2v) is 6.87. The first kappa shape index (κ1) is 15.0. The summed E-state index contributed by atoms with van der Waals surface area (Å²) in [6.07, 6.45) is 0.857. The van der Waals surface area contributed by atoms with Crippen LogP contribution in [0.25, 0.3) is 0 Å². The molecule has 6 heteroatoms. The summed E-state index contributed by atoms with van der Waals surface area (Å²) >= 11 is 3.30. The molecule has 2 N–H and O–H groups in total. The molecule has 2 rings (SSSR count). The molecule has 0 bridgehead atoms. The number of nitrogens with zero attached hydrogens (tertiary/aromatic N) is 1. The molecule has 0 aliphatic rings. The van der Waals surface area contributed by atoms with E-state index in [4.69, 9.17) is 0 Å². The van der Waals surface area contributed by atoms with E-state index in [2.05, 4.69) is 32.4 Å². The Morgan fingerprint density at radius 3 is 2.85 bits per heavy atom. The fraction of sp³-hybridized carbons (Fsp3) is 0.429. The van der Waals surface area contributed by atoms with Crippen LogP contribution in [0.3, 0.4) is 0 Å². The molecule has 0 radical (unpaired) electrons. The minimum atomic E-state index is -0.127. The molecule has 4 nitrogen and oxygen atoms in total. The summed E-state index contributed by atoms with van der Waals surface area (Å²) in [5.74, 6) is 0. The van der Waals surface area contributed by atoms with E-state index < -0.39 is 0 Å². The third kappa shape index (κ3) is 4.31. The number of amides is 2. The van der Waals surface area contributed by atoms with Gasteiger partial charge in [0.2, 0.25) is 0 Å². The van der Waals surface area contributed by atoms with Crippen molar-refractivity contribution in [1.29, 1.82) is 0 Å². The Morgan fingerprint density at radius 2 is 2.25 bits per heavy atom. The van der Waals surface area contributed by atoms with Crippen LogP contribution in [0.4, 0.5) is 4.79 Å². The molecule has 108 valence electrons. The lowest BCUT2D eigenvalue weighted by molar-refractivity contribution is 0.237. The molecule has 0 fully saturated rings. The van der Waals surface area contributed by atoms with Crippen molar-refractivity contribution in [2.24, 2.45) is 0 Å². The van der Waals surface area contributed by atoms with E-state index in [1.165, 1.54) is 5.56 Å². The molecule has 0 aliphatic carbocycles. The van der Waals surface area contributed by atoms with E-state index in [1.54, 1.807) is 22.7 Å². The summed E-state index contributed by atoms with van der Waals surface area (Å²) in [4.78, 5) is 17.3. The second-order valence-electron chi connectivity index (χ2n) is 4.81. The Labute approximate surface area is 127 Å². The van der Waals surface area contributed by atoms with Crippen LogP contribution in [0.1, 0.15) is 28.1 Å². The molecular formula is C14H19N3OS2. The van der Waals surface area contributed by atoms with Gasteiger partial charge in [0.25, 0.3) is 0 Å². The summed E-state index contributed by atoms with van der Waals surface area (Å²) in [5, 5.41) is 11.0. The zero-order valence-corrected chi connectivity index (χ0v) is 13.5. The third-order valence-corrected chi connectivity index (χ3v) is 4.71. The Morgan fingerprint density at radius 1 is 1.45 bits per heavy atom. The van der Waals surface area contributed by atoms with Gasteiger partial charge in [-0.05, 0) is 49.6 Å². The van der Waals surface area contributed by atoms with Crippen molar-refractivity contribution in [3.05, 3.63) is 38.0 Å². The molecule has 2 amide bonds. The minimum absolute atomic E-state index is 0.119. The van der Waals surface area contributed by atoms with E-state index in [-0.39, 0.29) is 12.1 Å². The van der Waals surface area contributed by atoms with Crippen LogP contribution in [0.15, 0.2) is 16.8 Å². The predicted molar refractivity (Wildman–Crippen MR) is 84.4 cm³/mol. The molecule has 0 saturated heterocycles. The number of thiophene rings is 1. The van der Waals surface area contributed by atoms with Crippen LogP contribution in [-0.2, 0) is 13.0 Å². The van der Waals surface area contributed by atoms with Gasteiger partial charge in [0.15, 0.2) is 0 Å². The maximum Gasteiger partial charge on any atom is 0.315 e. The van der Waals surface area contributed by atoms with Gasteiger partial charge < -0.3 is 10.6 Å². The lowest BCUT2D eigenvalue weighted by Gasteiger charge is -2.13. The van der Waals surface area contributed by atoms with Gasteiger partial charge in [0.05, 0.1) is 17.2 Å². The minimum Gasteiger partial charge on any atom is -0.335 e. The van der Waals surface area contributed by atoms with Crippen molar-refractivity contribution in [1.82, 2.24) is 15.6 Å². The Kier molecular flexibility index (Phi) is 5.14. The molecular weight excluding hydrogens is 290 g/mol. The van der Waals surface area contributed by atoms with Gasteiger partial charge in [-0.1, -0.05) is 0 Å². The van der Waals surface area contributed by atoms with Crippen LogP contribution in [-0.4, -0.2) is 17.1 Å². The third-order valence-electron chi connectivity index (χ3n) is 2.91. The van der Waals surface area contributed by atoms with Crippen LogP contribution in [0, 0.1) is 13.8 Å². The maximum absolute atomic E-state index is 11.8. The highest BCUT2D eigenvalue weighted by Crippen LogP contribution is 2.16. The number of nitrogens with one attached hydrogen (secondary N) is 2. The molecule has 20 heavy (non-hydrogen) atoms. The normalized spacial score (nSPS) is 12.2. The maximum atomic E-state index is 11.8. The molecule has 0 unspecified atom stereocenters. The average molecular weight is 309 g/mol. The molecule has 2 aromatic rings. The van der Waals surface area contributed by atoms with Crippen molar-refractivity contribution in [3.8, 4) is 0 Å². The fourth-order valence-electron chi connectivity index (χ4n) is 1.99. The lowest BCUT2D eigenvalue weighted by atomic mass is 10.1. The number of carbonyl (C=O) groups excluding carboxylic acids is 1. The number of hydrogen-bond donors (Lipinski definition) is 2. The number of aromatic nitrogens is 1. The van der Waals surface area contributed by atoms with Crippen molar-refractivity contribution >= 4 is 28.7 Å². The number of urea groups is 1. The van der Waals surface area contributed by atoms with E-state index in [1.807, 2.05) is 20.8 Å². The van der Waals surface area contributed by atoms with Crippen molar-refractivity contribution in [2.75, 3.05) is 0 Å². The van der Waals surface area contributed by atoms with E-state index in [9.17, 15) is 4.79 Å². The Bertz CT molecular complexity index is 563. The SMILES string of the molecule is Cc1nc(C)c(CNC(=O)N[C@@H](C)Cc2ccsc2)s1. The van der Waals surface area contributed by atoms with Crippen molar-refractivity contribution < 1.29 is 4.79 Å². The summed E-state index contributed by atoms with van der Waals surface area (Å²) in [6, 6.07) is 2.08. The summed E-state index contributed by atoms with van der Waals surface area (Å²) in [5.41, 5.74) is 2.26. The van der Waals surface area contributed by atoms with Crippen LogP contribution in [0.5, 0.6) is 0 Å². The van der Waals surface area contributed by atoms with Crippen LogP contribution < -0.4 is 10.6 Å². The number of rotatable bonds is 5. The van der Waals surface area contributed by atoms with Gasteiger partial charge in [-0.15, -0.1) is 11.3 Å². The second kappa shape index (κ2) is 6.85. The summed E-state index contributed by atoms with van der Waals surface area (Å²) in [6.45, 7) is 6.50. The van der Waals surface area contributed by atoms with Gasteiger partial charge in [-0.2, -0.15) is 11.3 Å². The fourth-order valence-corrected chi connectivity index (χ4v) is 3.54. The van der Waals surface area contributed by atoms with E-state index in [0.717, 1.165) is 22.0 Å². The number of hydrogen-bond acceptors (Lipinski definition) is 4. The summed E-state index contributed by atoms with van der Waals surface area (Å²) in [7, 11) is 0. The van der Waals surface area contributed by atoms with E-state index in [0.29, 0.717) is 6.54 Å². The molecule has 1 atom stereocenters. The molecule has 2 aromatic heterocycles. The van der Waals surface area contributed by atoms with Crippen LogP contribution >= 0.6 is 22.7 Å². The molecule has 0 saturated carbocycles. The average Bonchev–Trinajstić information content (AvgIpc) is 2.96. The van der Waals surface area contributed by atoms with Gasteiger partial charge in [-0.25, -0.2) is 9.78 Å². The highest BCUT2D eigenvalue weighted by Gasteiger charge is 2.10. The highest BCUT2D eigenvalue weighted by atomic mass is 32.1. The first-order valence-electron chi connectivity index (χ1n) is 6.53. The largest absolute Gasteiger partial charge is 0.335 e. The molecule has 0 aliphatic heterocycles. The number of thiazole rings is 1. The quantitative estimate of drug-likeness (QED) is 0.891. The summed E-state index contributed by atoms with van der Waals surface area (Å²) < 4.78 is 0. The van der Waals surface area contributed by atoms with Gasteiger partial charge >= 0.3 is 6.03 Å². The first-order chi connectivity index (χ1) is 9.54. The van der Waals surface area contributed by atoms with Gasteiger partial charge in [0, 0.05) is 10.9 Å². The van der Waals surface area contributed by atoms with Crippen molar-refractivity contribution in [2.45, 2.75) is 39.8 Å². The topological polar surface area (TPSA) is 54.0 Å². The highest BCUT2D eigenvalue weighted by molar-refractivity contribution is 7.11. The Hall–Kier alpha value is -1.40. The monoisotopic (exact) mass is 309 g/mol.